The summed E-state index contributed by atoms with van der Waals surface area (Å²) in [5.41, 5.74) is -0.0390. The summed E-state index contributed by atoms with van der Waals surface area (Å²) in [5.74, 6) is 1.05. The third-order valence-corrected chi connectivity index (χ3v) is 6.83. The van der Waals surface area contributed by atoms with Crippen molar-refractivity contribution in [2.75, 3.05) is 6.67 Å². The Morgan fingerprint density at radius 3 is 2.55 bits per heavy atom. The zero-order valence-electron chi connectivity index (χ0n) is 19.9. The van der Waals surface area contributed by atoms with Crippen molar-refractivity contribution in [3.8, 4) is 11.5 Å². The molecule has 178 valence electrons. The Balaban J connectivity index is 1.49. The van der Waals surface area contributed by atoms with Crippen molar-refractivity contribution in [2.24, 2.45) is 11.3 Å². The number of amides is 3. The second-order valence-electron chi connectivity index (χ2n) is 10.6. The van der Waals surface area contributed by atoms with E-state index >= 15 is 0 Å². The molecule has 2 aromatic rings. The highest BCUT2D eigenvalue weighted by Crippen LogP contribution is 2.46. The van der Waals surface area contributed by atoms with Crippen LogP contribution in [0.5, 0.6) is 0 Å². The second kappa shape index (κ2) is 8.72. The minimum atomic E-state index is -0.812. The molecule has 2 atom stereocenters. The van der Waals surface area contributed by atoms with Crippen molar-refractivity contribution in [1.29, 1.82) is 0 Å². The lowest BCUT2D eigenvalue weighted by Crippen LogP contribution is -2.54. The lowest BCUT2D eigenvalue weighted by atomic mass is 9.64. The van der Waals surface area contributed by atoms with Crippen LogP contribution in [0.3, 0.4) is 0 Å². The van der Waals surface area contributed by atoms with Crippen molar-refractivity contribution in [3.63, 3.8) is 0 Å². The molecule has 8 nitrogen and oxygen atoms in total. The fourth-order valence-corrected chi connectivity index (χ4v) is 5.54. The fourth-order valence-electron chi connectivity index (χ4n) is 5.41. The summed E-state index contributed by atoms with van der Waals surface area (Å²) < 4.78 is 5.85. The first kappa shape index (κ1) is 23.7. The normalized spacial score (nSPS) is 24.8. The molecule has 1 saturated heterocycles. The molecule has 1 aromatic carbocycles. The van der Waals surface area contributed by atoms with Gasteiger partial charge in [0.05, 0.1) is 13.2 Å². The maximum atomic E-state index is 13.5. The highest BCUT2D eigenvalue weighted by Gasteiger charge is 2.56. The zero-order chi connectivity index (χ0) is 24.0. The Morgan fingerprint density at radius 2 is 1.91 bits per heavy atom. The van der Waals surface area contributed by atoms with Crippen molar-refractivity contribution in [2.45, 2.75) is 72.0 Å². The van der Waals surface area contributed by atoms with Crippen LogP contribution in [-0.2, 0) is 11.3 Å². The lowest BCUT2D eigenvalue weighted by molar-refractivity contribution is -0.136. The van der Waals surface area contributed by atoms with Gasteiger partial charge in [0.25, 0.3) is 5.91 Å². The molecule has 0 bridgehead atoms. The maximum absolute atomic E-state index is 13.5. The minimum absolute atomic E-state index is 0.00379. The number of halogens is 1. The molecule has 1 N–H and O–H groups in total. The van der Waals surface area contributed by atoms with Gasteiger partial charge in [-0.15, -0.1) is 10.2 Å². The topological polar surface area (TPSA) is 91.6 Å². The van der Waals surface area contributed by atoms with Crippen LogP contribution < -0.4 is 5.32 Å². The van der Waals surface area contributed by atoms with E-state index in [1.165, 1.54) is 4.90 Å². The number of hydrogen-bond acceptors (Lipinski definition) is 6. The van der Waals surface area contributed by atoms with Gasteiger partial charge in [-0.3, -0.25) is 9.69 Å². The van der Waals surface area contributed by atoms with Gasteiger partial charge in [-0.25, -0.2) is 9.69 Å². The maximum Gasteiger partial charge on any atom is 0.326 e. The average Bonchev–Trinajstić information content (AvgIpc) is 3.25. The molecule has 1 aliphatic carbocycles. The van der Waals surface area contributed by atoms with E-state index in [0.29, 0.717) is 42.1 Å². The van der Waals surface area contributed by atoms with E-state index in [-0.39, 0.29) is 30.1 Å². The Hall–Kier alpha value is -2.45. The molecule has 2 heterocycles. The minimum Gasteiger partial charge on any atom is -0.419 e. The first-order chi connectivity index (χ1) is 15.5. The zero-order valence-corrected chi connectivity index (χ0v) is 20.6. The summed E-state index contributed by atoms with van der Waals surface area (Å²) in [7, 11) is 0. The van der Waals surface area contributed by atoms with E-state index in [2.05, 4.69) is 36.3 Å². The van der Waals surface area contributed by atoms with Gasteiger partial charge in [0, 0.05) is 16.6 Å². The molecule has 1 aliphatic heterocycles. The van der Waals surface area contributed by atoms with E-state index < -0.39 is 5.54 Å². The standard InChI is InChI=1S/C24H32ClN5O3/c1-15(2)29(12-19-27-28-20(33-19)17-6-8-18(25)9-7-17)14-30-21(31)24(26-22(30)32)11-16(3)10-23(4,5)13-24/h6-9,15-16H,10-14H2,1-5H3,(H,26,32). The average molecular weight is 474 g/mol. The summed E-state index contributed by atoms with van der Waals surface area (Å²) in [6.45, 7) is 11.0. The predicted molar refractivity (Wildman–Crippen MR) is 125 cm³/mol. The highest BCUT2D eigenvalue weighted by molar-refractivity contribution is 6.30. The second-order valence-corrected chi connectivity index (χ2v) is 11.0. The third kappa shape index (κ3) is 4.92. The number of nitrogens with one attached hydrogen (secondary N) is 1. The molecule has 0 radical (unpaired) electrons. The number of aromatic nitrogens is 2. The van der Waals surface area contributed by atoms with Crippen molar-refractivity contribution in [3.05, 3.63) is 35.2 Å². The Bertz CT molecular complexity index is 1030. The van der Waals surface area contributed by atoms with Crippen LogP contribution in [0.1, 0.15) is 59.8 Å². The van der Waals surface area contributed by atoms with Gasteiger partial charge >= 0.3 is 6.03 Å². The van der Waals surface area contributed by atoms with Crippen LogP contribution in [0.15, 0.2) is 28.7 Å². The lowest BCUT2D eigenvalue weighted by Gasteiger charge is -2.44. The summed E-state index contributed by atoms with van der Waals surface area (Å²) in [6, 6.07) is 6.89. The molecule has 4 rings (SSSR count). The first-order valence-corrected chi connectivity index (χ1v) is 11.8. The first-order valence-electron chi connectivity index (χ1n) is 11.4. The molecule has 1 aromatic heterocycles. The predicted octanol–water partition coefficient (Wildman–Crippen LogP) is 4.69. The van der Waals surface area contributed by atoms with E-state index in [9.17, 15) is 9.59 Å². The van der Waals surface area contributed by atoms with Crippen molar-refractivity contribution >= 4 is 23.5 Å². The van der Waals surface area contributed by atoms with Gasteiger partial charge in [0.1, 0.15) is 5.54 Å². The van der Waals surface area contributed by atoms with Crippen LogP contribution in [0.4, 0.5) is 4.79 Å². The van der Waals surface area contributed by atoms with Gasteiger partial charge in [0.15, 0.2) is 0 Å². The highest BCUT2D eigenvalue weighted by atomic mass is 35.5. The molecule has 1 spiro atoms. The Morgan fingerprint density at radius 1 is 1.21 bits per heavy atom. The van der Waals surface area contributed by atoms with Crippen LogP contribution in [0, 0.1) is 11.3 Å². The molecule has 2 aliphatic rings. The molecule has 9 heteroatoms. The van der Waals surface area contributed by atoms with Crippen LogP contribution in [-0.4, -0.2) is 50.2 Å². The van der Waals surface area contributed by atoms with Gasteiger partial charge in [0.2, 0.25) is 11.8 Å². The van der Waals surface area contributed by atoms with Crippen LogP contribution in [0.2, 0.25) is 5.02 Å². The molecule has 2 fully saturated rings. The number of hydrogen-bond donors (Lipinski definition) is 1. The third-order valence-electron chi connectivity index (χ3n) is 6.57. The SMILES string of the molecule is CC1CC(C)(C)CC2(C1)NC(=O)N(CN(Cc1nnc(-c3ccc(Cl)cc3)o1)C(C)C)C2=O. The fraction of sp³-hybridized carbons (Fsp3) is 0.583. The number of nitrogens with zero attached hydrogens (tertiary/aromatic N) is 4. The number of urea groups is 1. The summed E-state index contributed by atoms with van der Waals surface area (Å²) in [5, 5.41) is 12.0. The van der Waals surface area contributed by atoms with E-state index in [1.54, 1.807) is 12.1 Å². The molecule has 1 saturated carbocycles. The smallest absolute Gasteiger partial charge is 0.326 e. The van der Waals surface area contributed by atoms with E-state index in [1.807, 2.05) is 30.9 Å². The Labute approximate surface area is 199 Å². The van der Waals surface area contributed by atoms with Gasteiger partial charge in [-0.2, -0.15) is 0 Å². The quantitative estimate of drug-likeness (QED) is 0.611. The van der Waals surface area contributed by atoms with Gasteiger partial charge in [-0.1, -0.05) is 32.4 Å². The molecular formula is C24H32ClN5O3. The summed E-state index contributed by atoms with van der Waals surface area (Å²) in [4.78, 5) is 29.7. The summed E-state index contributed by atoms with van der Waals surface area (Å²) >= 11 is 5.95. The molecule has 33 heavy (non-hydrogen) atoms. The number of imide groups is 1. The number of carbonyl (C=O) groups excluding carboxylic acids is 2. The molecule has 3 amide bonds. The molecule has 2 unspecified atom stereocenters. The van der Waals surface area contributed by atoms with Gasteiger partial charge in [-0.05, 0) is 68.7 Å². The number of carbonyl (C=O) groups is 2. The van der Waals surface area contributed by atoms with E-state index in [4.69, 9.17) is 16.0 Å². The largest absolute Gasteiger partial charge is 0.419 e. The molecular weight excluding hydrogens is 442 g/mol. The Kier molecular flexibility index (Phi) is 6.26. The number of rotatable bonds is 6. The van der Waals surface area contributed by atoms with Gasteiger partial charge < -0.3 is 9.73 Å². The summed E-state index contributed by atoms with van der Waals surface area (Å²) in [6.07, 6.45) is 2.37. The van der Waals surface area contributed by atoms with Crippen LogP contribution in [0.25, 0.3) is 11.5 Å². The van der Waals surface area contributed by atoms with Crippen molar-refractivity contribution in [1.82, 2.24) is 25.3 Å². The van der Waals surface area contributed by atoms with Crippen molar-refractivity contribution < 1.29 is 14.0 Å². The van der Waals surface area contributed by atoms with Crippen LogP contribution >= 0.6 is 11.6 Å². The monoisotopic (exact) mass is 473 g/mol. The van der Waals surface area contributed by atoms with E-state index in [0.717, 1.165) is 12.0 Å². The number of benzene rings is 1.